The van der Waals surface area contributed by atoms with Gasteiger partial charge in [0.1, 0.15) is 5.82 Å². The molecule has 1 amide bonds. The van der Waals surface area contributed by atoms with Gasteiger partial charge in [0.15, 0.2) is 0 Å². The van der Waals surface area contributed by atoms with Gasteiger partial charge in [-0.2, -0.15) is 0 Å². The third kappa shape index (κ3) is 2.66. The first-order valence-corrected chi connectivity index (χ1v) is 6.60. The summed E-state index contributed by atoms with van der Waals surface area (Å²) in [7, 11) is 0. The molecule has 1 aliphatic heterocycles. The zero-order valence-corrected chi connectivity index (χ0v) is 11.6. The summed E-state index contributed by atoms with van der Waals surface area (Å²) in [5.74, 6) is -1.81. The maximum absolute atomic E-state index is 13.0. The molecule has 0 radical (unpaired) electrons. The van der Waals surface area contributed by atoms with Crippen LogP contribution in [0.15, 0.2) is 24.3 Å². The number of carbonyl (C=O) groups excluding carboxylic acids is 1. The van der Waals surface area contributed by atoms with Gasteiger partial charge < -0.3 is 10.0 Å². The van der Waals surface area contributed by atoms with Crippen LogP contribution in [0.5, 0.6) is 0 Å². The van der Waals surface area contributed by atoms with E-state index in [1.807, 2.05) is 0 Å². The van der Waals surface area contributed by atoms with Gasteiger partial charge in [-0.1, -0.05) is 12.1 Å². The SMILES string of the molecule is CC(C)(C(=O)N1CC[C@@H](C(=O)O)C1)c1ccc(F)cc1. The molecule has 4 nitrogen and oxygen atoms in total. The second kappa shape index (κ2) is 5.23. The highest BCUT2D eigenvalue weighted by atomic mass is 19.1. The monoisotopic (exact) mass is 279 g/mol. The normalized spacial score (nSPS) is 19.1. The van der Waals surface area contributed by atoms with E-state index in [2.05, 4.69) is 0 Å². The molecule has 1 heterocycles. The molecule has 5 heteroatoms. The molecule has 1 N–H and O–H groups in total. The molecule has 1 saturated heterocycles. The summed E-state index contributed by atoms with van der Waals surface area (Å²) in [6.07, 6.45) is 0.487. The van der Waals surface area contributed by atoms with E-state index in [4.69, 9.17) is 5.11 Å². The molecule has 0 bridgehead atoms. The Kier molecular flexibility index (Phi) is 3.79. The predicted octanol–water partition coefficient (Wildman–Crippen LogP) is 2.04. The molecule has 0 saturated carbocycles. The van der Waals surface area contributed by atoms with Crippen LogP contribution in [-0.2, 0) is 15.0 Å². The lowest BCUT2D eigenvalue weighted by Gasteiger charge is -2.29. The predicted molar refractivity (Wildman–Crippen MR) is 71.7 cm³/mol. The highest BCUT2D eigenvalue weighted by Gasteiger charge is 2.38. The molecule has 1 fully saturated rings. The van der Waals surface area contributed by atoms with Crippen molar-refractivity contribution in [3.63, 3.8) is 0 Å². The summed E-state index contributed by atoms with van der Waals surface area (Å²) in [6.45, 7) is 4.26. The Labute approximate surface area is 117 Å². The fourth-order valence-corrected chi connectivity index (χ4v) is 2.53. The molecule has 0 unspecified atom stereocenters. The van der Waals surface area contributed by atoms with Crippen molar-refractivity contribution in [1.82, 2.24) is 4.90 Å². The average molecular weight is 279 g/mol. The number of aliphatic carboxylic acids is 1. The molecule has 1 aromatic carbocycles. The van der Waals surface area contributed by atoms with E-state index in [0.29, 0.717) is 13.0 Å². The first kappa shape index (κ1) is 14.5. The lowest BCUT2D eigenvalue weighted by molar-refractivity contribution is -0.141. The summed E-state index contributed by atoms with van der Waals surface area (Å²) in [5, 5.41) is 8.98. The van der Waals surface area contributed by atoms with E-state index in [-0.39, 0.29) is 18.3 Å². The van der Waals surface area contributed by atoms with Gasteiger partial charge in [-0.05, 0) is 38.0 Å². The van der Waals surface area contributed by atoms with Gasteiger partial charge in [0.25, 0.3) is 0 Å². The van der Waals surface area contributed by atoms with Crippen molar-refractivity contribution in [1.29, 1.82) is 0 Å². The van der Waals surface area contributed by atoms with Crippen LogP contribution in [0.25, 0.3) is 0 Å². The van der Waals surface area contributed by atoms with Crippen LogP contribution in [0.1, 0.15) is 25.8 Å². The minimum absolute atomic E-state index is 0.118. The average Bonchev–Trinajstić information content (AvgIpc) is 2.88. The van der Waals surface area contributed by atoms with Crippen LogP contribution < -0.4 is 0 Å². The van der Waals surface area contributed by atoms with Gasteiger partial charge in [0.2, 0.25) is 5.91 Å². The largest absolute Gasteiger partial charge is 0.481 e. The standard InChI is InChI=1S/C15H18FNO3/c1-15(2,11-3-5-12(16)6-4-11)14(20)17-8-7-10(9-17)13(18)19/h3-6,10H,7-9H2,1-2H3,(H,18,19)/t10-/m1/s1. The topological polar surface area (TPSA) is 57.6 Å². The maximum Gasteiger partial charge on any atom is 0.308 e. The number of halogens is 1. The number of carbonyl (C=O) groups is 2. The van der Waals surface area contributed by atoms with E-state index >= 15 is 0 Å². The van der Waals surface area contributed by atoms with E-state index in [0.717, 1.165) is 5.56 Å². The Bertz CT molecular complexity index is 524. The molecule has 2 rings (SSSR count). The first-order chi connectivity index (χ1) is 9.32. The van der Waals surface area contributed by atoms with Crippen LogP contribution in [0, 0.1) is 11.7 Å². The molecule has 0 aliphatic carbocycles. The summed E-state index contributed by atoms with van der Waals surface area (Å²) < 4.78 is 13.0. The second-order valence-electron chi connectivity index (χ2n) is 5.71. The van der Waals surface area contributed by atoms with Crippen LogP contribution in [0.2, 0.25) is 0 Å². The van der Waals surface area contributed by atoms with Gasteiger partial charge in [-0.3, -0.25) is 9.59 Å². The quantitative estimate of drug-likeness (QED) is 0.921. The van der Waals surface area contributed by atoms with Crippen molar-refractivity contribution < 1.29 is 19.1 Å². The molecule has 108 valence electrons. The summed E-state index contributed by atoms with van der Waals surface area (Å²) in [5.41, 5.74) is -0.0659. The van der Waals surface area contributed by atoms with Crippen LogP contribution in [0.4, 0.5) is 4.39 Å². The molecule has 1 aliphatic rings. The number of carboxylic acid groups (broad SMARTS) is 1. The van der Waals surface area contributed by atoms with Crippen molar-refractivity contribution in [2.24, 2.45) is 5.92 Å². The molecular formula is C15H18FNO3. The molecule has 0 spiro atoms. The minimum atomic E-state index is -0.861. The zero-order valence-electron chi connectivity index (χ0n) is 11.6. The fraction of sp³-hybridized carbons (Fsp3) is 0.467. The van der Waals surface area contributed by atoms with Crippen molar-refractivity contribution >= 4 is 11.9 Å². The van der Waals surface area contributed by atoms with Crippen LogP contribution >= 0.6 is 0 Å². The number of carboxylic acids is 1. The fourth-order valence-electron chi connectivity index (χ4n) is 2.53. The van der Waals surface area contributed by atoms with Crippen LogP contribution in [0.3, 0.4) is 0 Å². The number of benzene rings is 1. The molecule has 0 aromatic heterocycles. The molecule has 1 aromatic rings. The minimum Gasteiger partial charge on any atom is -0.481 e. The third-order valence-corrected chi connectivity index (χ3v) is 3.93. The Morgan fingerprint density at radius 3 is 2.40 bits per heavy atom. The van der Waals surface area contributed by atoms with Crippen molar-refractivity contribution in [2.45, 2.75) is 25.7 Å². The highest BCUT2D eigenvalue weighted by molar-refractivity contribution is 5.88. The number of amides is 1. The molecular weight excluding hydrogens is 261 g/mol. The van der Waals surface area contributed by atoms with Crippen LogP contribution in [-0.4, -0.2) is 35.0 Å². The van der Waals surface area contributed by atoms with E-state index in [1.54, 1.807) is 30.9 Å². The van der Waals surface area contributed by atoms with Gasteiger partial charge in [-0.25, -0.2) is 4.39 Å². The molecule has 1 atom stereocenters. The smallest absolute Gasteiger partial charge is 0.308 e. The Hall–Kier alpha value is -1.91. The Morgan fingerprint density at radius 1 is 1.30 bits per heavy atom. The van der Waals surface area contributed by atoms with Gasteiger partial charge >= 0.3 is 5.97 Å². The lowest BCUT2D eigenvalue weighted by Crippen LogP contribution is -2.42. The van der Waals surface area contributed by atoms with Crippen molar-refractivity contribution in [3.8, 4) is 0 Å². The number of likely N-dealkylation sites (tertiary alicyclic amines) is 1. The Balaban J connectivity index is 2.15. The number of nitrogens with zero attached hydrogens (tertiary/aromatic N) is 1. The summed E-state index contributed by atoms with van der Waals surface area (Å²) in [4.78, 5) is 25.1. The van der Waals surface area contributed by atoms with E-state index < -0.39 is 17.3 Å². The highest BCUT2D eigenvalue weighted by Crippen LogP contribution is 2.29. The van der Waals surface area contributed by atoms with Crippen molar-refractivity contribution in [3.05, 3.63) is 35.6 Å². The third-order valence-electron chi connectivity index (χ3n) is 3.93. The summed E-state index contributed by atoms with van der Waals surface area (Å²) in [6, 6.07) is 5.85. The van der Waals surface area contributed by atoms with Crippen molar-refractivity contribution in [2.75, 3.05) is 13.1 Å². The first-order valence-electron chi connectivity index (χ1n) is 6.60. The van der Waals surface area contributed by atoms with Gasteiger partial charge in [0.05, 0.1) is 11.3 Å². The number of hydrogen-bond acceptors (Lipinski definition) is 2. The lowest BCUT2D eigenvalue weighted by atomic mass is 9.83. The van der Waals surface area contributed by atoms with Gasteiger partial charge in [0, 0.05) is 13.1 Å². The Morgan fingerprint density at radius 2 is 1.90 bits per heavy atom. The maximum atomic E-state index is 13.0. The van der Waals surface area contributed by atoms with E-state index in [1.165, 1.54) is 12.1 Å². The number of hydrogen-bond donors (Lipinski definition) is 1. The zero-order chi connectivity index (χ0) is 14.9. The summed E-state index contributed by atoms with van der Waals surface area (Å²) >= 11 is 0. The number of rotatable bonds is 3. The molecule has 20 heavy (non-hydrogen) atoms. The van der Waals surface area contributed by atoms with E-state index in [9.17, 15) is 14.0 Å². The van der Waals surface area contributed by atoms with Gasteiger partial charge in [-0.15, -0.1) is 0 Å². The second-order valence-corrected chi connectivity index (χ2v) is 5.71.